The molecule has 0 saturated carbocycles. The Morgan fingerprint density at radius 3 is 2.28 bits per heavy atom. The van der Waals surface area contributed by atoms with Gasteiger partial charge in [0.15, 0.2) is 0 Å². The van der Waals surface area contributed by atoms with Gasteiger partial charge in [-0.2, -0.15) is 0 Å². The van der Waals surface area contributed by atoms with Gasteiger partial charge in [0.25, 0.3) is 0 Å². The van der Waals surface area contributed by atoms with Crippen molar-refractivity contribution in [2.24, 2.45) is 5.41 Å². The monoisotopic (exact) mass is 283 g/mol. The van der Waals surface area contributed by atoms with Gasteiger partial charge in [-0.05, 0) is 45.6 Å². The molecule has 0 saturated heterocycles. The SMILES string of the molecule is CC(C)(C)C#CCCCCc1c(Cl)cncc1Cl. The summed E-state index contributed by atoms with van der Waals surface area (Å²) >= 11 is 12.1. The molecule has 0 aliphatic heterocycles. The predicted octanol–water partition coefficient (Wildman–Crippen LogP) is 5.15. The van der Waals surface area contributed by atoms with E-state index < -0.39 is 0 Å². The van der Waals surface area contributed by atoms with E-state index in [0.29, 0.717) is 10.0 Å². The molecule has 0 unspecified atom stereocenters. The molecule has 0 fully saturated rings. The first kappa shape index (κ1) is 15.3. The van der Waals surface area contributed by atoms with Gasteiger partial charge >= 0.3 is 0 Å². The van der Waals surface area contributed by atoms with Crippen molar-refractivity contribution in [1.82, 2.24) is 4.98 Å². The Bertz CT molecular complexity index is 430. The van der Waals surface area contributed by atoms with Crippen LogP contribution in [0.1, 0.15) is 45.6 Å². The van der Waals surface area contributed by atoms with Gasteiger partial charge in [0.05, 0.1) is 10.0 Å². The van der Waals surface area contributed by atoms with Crippen LogP contribution < -0.4 is 0 Å². The third kappa shape index (κ3) is 5.76. The molecule has 0 spiro atoms. The van der Waals surface area contributed by atoms with E-state index in [1.165, 1.54) is 0 Å². The Morgan fingerprint density at radius 2 is 1.72 bits per heavy atom. The van der Waals surface area contributed by atoms with Gasteiger partial charge < -0.3 is 0 Å². The van der Waals surface area contributed by atoms with Gasteiger partial charge in [0.1, 0.15) is 0 Å². The molecule has 0 aliphatic carbocycles. The molecule has 1 aromatic rings. The molecule has 0 aromatic carbocycles. The van der Waals surface area contributed by atoms with Gasteiger partial charge in [-0.15, -0.1) is 5.92 Å². The minimum absolute atomic E-state index is 0.0950. The number of hydrogen-bond donors (Lipinski definition) is 0. The fourth-order valence-corrected chi connectivity index (χ4v) is 2.07. The first-order valence-electron chi connectivity index (χ1n) is 6.18. The van der Waals surface area contributed by atoms with Crippen molar-refractivity contribution in [2.45, 2.75) is 46.5 Å². The summed E-state index contributed by atoms with van der Waals surface area (Å²) in [7, 11) is 0. The Hall–Kier alpha value is -0.710. The normalized spacial score (nSPS) is 10.9. The summed E-state index contributed by atoms with van der Waals surface area (Å²) in [5, 5.41) is 1.31. The first-order valence-corrected chi connectivity index (χ1v) is 6.93. The topological polar surface area (TPSA) is 12.9 Å². The Morgan fingerprint density at radius 1 is 1.11 bits per heavy atom. The van der Waals surface area contributed by atoms with E-state index in [-0.39, 0.29) is 5.41 Å². The maximum absolute atomic E-state index is 6.05. The number of nitrogens with zero attached hydrogens (tertiary/aromatic N) is 1. The summed E-state index contributed by atoms with van der Waals surface area (Å²) in [5.41, 5.74) is 1.09. The van der Waals surface area contributed by atoms with Crippen molar-refractivity contribution < 1.29 is 0 Å². The molecule has 0 atom stereocenters. The van der Waals surface area contributed by atoms with Gasteiger partial charge in [-0.3, -0.25) is 4.98 Å². The van der Waals surface area contributed by atoms with Gasteiger partial charge in [-0.25, -0.2) is 0 Å². The molecule has 1 heterocycles. The van der Waals surface area contributed by atoms with Crippen LogP contribution >= 0.6 is 23.2 Å². The van der Waals surface area contributed by atoms with Crippen molar-refractivity contribution in [3.63, 3.8) is 0 Å². The summed E-state index contributed by atoms with van der Waals surface area (Å²) in [6, 6.07) is 0. The standard InChI is InChI=1S/C15H19Cl2N/c1-15(2,3)9-7-5-4-6-8-12-13(16)10-18-11-14(12)17/h10-11H,4-6,8H2,1-3H3. The number of unbranched alkanes of at least 4 members (excludes halogenated alkanes) is 2. The summed E-state index contributed by atoms with van der Waals surface area (Å²) in [6.45, 7) is 6.36. The molecule has 18 heavy (non-hydrogen) atoms. The van der Waals surface area contributed by atoms with Crippen molar-refractivity contribution in [3.05, 3.63) is 28.0 Å². The molecule has 0 radical (unpaired) electrons. The fourth-order valence-electron chi connectivity index (χ4n) is 1.52. The summed E-state index contributed by atoms with van der Waals surface area (Å²) in [4.78, 5) is 3.94. The molecule has 3 heteroatoms. The van der Waals surface area contributed by atoms with Gasteiger partial charge in [0, 0.05) is 24.2 Å². The lowest BCUT2D eigenvalue weighted by atomic mass is 9.97. The minimum atomic E-state index is 0.0950. The van der Waals surface area contributed by atoms with E-state index in [4.69, 9.17) is 23.2 Å². The lowest BCUT2D eigenvalue weighted by molar-refractivity contribution is 0.569. The van der Waals surface area contributed by atoms with Gasteiger partial charge in [-0.1, -0.05) is 29.1 Å². The third-order valence-electron chi connectivity index (χ3n) is 2.39. The van der Waals surface area contributed by atoms with E-state index in [9.17, 15) is 0 Å². The van der Waals surface area contributed by atoms with Crippen molar-refractivity contribution in [3.8, 4) is 11.8 Å². The molecular formula is C15H19Cl2N. The van der Waals surface area contributed by atoms with Crippen LogP contribution in [0.5, 0.6) is 0 Å². The zero-order chi connectivity index (χ0) is 13.6. The number of pyridine rings is 1. The predicted molar refractivity (Wildman–Crippen MR) is 79.0 cm³/mol. The number of hydrogen-bond acceptors (Lipinski definition) is 1. The van der Waals surface area contributed by atoms with E-state index in [1.807, 2.05) is 0 Å². The van der Waals surface area contributed by atoms with Crippen molar-refractivity contribution in [1.29, 1.82) is 0 Å². The molecule has 1 rings (SSSR count). The highest BCUT2D eigenvalue weighted by Gasteiger charge is 2.05. The fraction of sp³-hybridized carbons (Fsp3) is 0.533. The average Bonchev–Trinajstić information content (AvgIpc) is 2.25. The summed E-state index contributed by atoms with van der Waals surface area (Å²) < 4.78 is 0. The van der Waals surface area contributed by atoms with Crippen LogP contribution in [-0.2, 0) is 6.42 Å². The van der Waals surface area contributed by atoms with E-state index in [1.54, 1.807) is 12.4 Å². The molecule has 0 N–H and O–H groups in total. The van der Waals surface area contributed by atoms with Crippen LogP contribution in [0.15, 0.2) is 12.4 Å². The number of rotatable bonds is 4. The second-order valence-corrected chi connectivity index (χ2v) is 6.15. The van der Waals surface area contributed by atoms with Crippen molar-refractivity contribution >= 4 is 23.2 Å². The zero-order valence-corrected chi connectivity index (χ0v) is 12.7. The number of halogens is 2. The summed E-state index contributed by atoms with van der Waals surface area (Å²) in [6.07, 6.45) is 7.21. The largest absolute Gasteiger partial charge is 0.262 e. The average molecular weight is 284 g/mol. The van der Waals surface area contributed by atoms with Crippen LogP contribution in [0, 0.1) is 17.3 Å². The quantitative estimate of drug-likeness (QED) is 0.550. The van der Waals surface area contributed by atoms with E-state index >= 15 is 0 Å². The molecule has 98 valence electrons. The lowest BCUT2D eigenvalue weighted by Crippen LogP contribution is -1.99. The van der Waals surface area contributed by atoms with Crippen LogP contribution in [0.3, 0.4) is 0 Å². The zero-order valence-electron chi connectivity index (χ0n) is 11.2. The van der Waals surface area contributed by atoms with E-state index in [0.717, 1.165) is 31.2 Å². The molecule has 0 amide bonds. The molecule has 1 aromatic heterocycles. The highest BCUT2D eigenvalue weighted by Crippen LogP contribution is 2.24. The van der Waals surface area contributed by atoms with Crippen LogP contribution in [-0.4, -0.2) is 4.98 Å². The second kappa shape index (κ2) is 7.02. The highest BCUT2D eigenvalue weighted by atomic mass is 35.5. The van der Waals surface area contributed by atoms with Gasteiger partial charge in [0.2, 0.25) is 0 Å². The Labute approximate surface area is 120 Å². The Balaban J connectivity index is 2.36. The second-order valence-electron chi connectivity index (χ2n) is 5.34. The lowest BCUT2D eigenvalue weighted by Gasteiger charge is -2.07. The maximum atomic E-state index is 6.05. The maximum Gasteiger partial charge on any atom is 0.0636 e. The van der Waals surface area contributed by atoms with Crippen LogP contribution in [0.4, 0.5) is 0 Å². The Kier molecular flexibility index (Phi) is 5.99. The molecule has 0 aliphatic rings. The smallest absolute Gasteiger partial charge is 0.0636 e. The minimum Gasteiger partial charge on any atom is -0.262 e. The number of aromatic nitrogens is 1. The van der Waals surface area contributed by atoms with E-state index in [2.05, 4.69) is 37.6 Å². The van der Waals surface area contributed by atoms with Crippen molar-refractivity contribution in [2.75, 3.05) is 0 Å². The molecule has 1 nitrogen and oxygen atoms in total. The molecular weight excluding hydrogens is 265 g/mol. The first-order chi connectivity index (χ1) is 8.40. The summed E-state index contributed by atoms with van der Waals surface area (Å²) in [5.74, 6) is 6.44. The van der Waals surface area contributed by atoms with Crippen LogP contribution in [0.2, 0.25) is 10.0 Å². The third-order valence-corrected chi connectivity index (χ3v) is 3.05. The molecule has 0 bridgehead atoms. The van der Waals surface area contributed by atoms with Crippen LogP contribution in [0.25, 0.3) is 0 Å². The highest BCUT2D eigenvalue weighted by molar-refractivity contribution is 6.35.